The Kier molecular flexibility index (Phi) is 5.90. The molecule has 13 heteroatoms. The minimum Gasteiger partial charge on any atom is -0.366 e. The molecule has 190 valence electrons. The number of fused-ring (bicyclic) bond motifs is 1. The number of carbonyl (C=O) groups is 2. The average Bonchev–Trinajstić information content (AvgIpc) is 3.42. The number of pyridine rings is 2. The second-order valence-corrected chi connectivity index (χ2v) is 8.64. The van der Waals surface area contributed by atoms with Gasteiger partial charge in [-0.1, -0.05) is 0 Å². The van der Waals surface area contributed by atoms with Gasteiger partial charge in [-0.2, -0.15) is 4.98 Å². The van der Waals surface area contributed by atoms with Crippen molar-refractivity contribution in [1.82, 2.24) is 29.8 Å². The summed E-state index contributed by atoms with van der Waals surface area (Å²) in [5, 5.41) is 6.50. The van der Waals surface area contributed by atoms with Crippen LogP contribution in [-0.2, 0) is 6.54 Å². The molecule has 0 aliphatic carbocycles. The molecular formula is C24H20F3N7O3. The average molecular weight is 511 g/mol. The Morgan fingerprint density at radius 3 is 2.70 bits per heavy atom. The molecule has 4 heterocycles. The number of nitrogen functional groups attached to an aromatic ring is 1. The fraction of sp³-hybridized carbons (Fsp3) is 0.208. The molecule has 0 atom stereocenters. The highest BCUT2D eigenvalue weighted by Crippen LogP contribution is 2.28. The molecule has 1 aliphatic rings. The number of nitrogens with one attached hydrogen (secondary N) is 2. The summed E-state index contributed by atoms with van der Waals surface area (Å²) < 4.78 is 42.6. The van der Waals surface area contributed by atoms with Crippen LogP contribution in [0.15, 0.2) is 53.6 Å². The Balaban J connectivity index is 1.37. The van der Waals surface area contributed by atoms with Crippen LogP contribution in [0.5, 0.6) is 0 Å². The SMILES string of the molecule is Nc1nc2cc(-c3c[nH]c(=O)c(C(=O)NCc4cc(F)ccc4C(=O)N4CCC(F)(F)C4)c3)ccn2n1. The van der Waals surface area contributed by atoms with E-state index in [2.05, 4.69) is 20.4 Å². The summed E-state index contributed by atoms with van der Waals surface area (Å²) in [6, 6.07) is 8.02. The van der Waals surface area contributed by atoms with Crippen LogP contribution < -0.4 is 16.6 Å². The van der Waals surface area contributed by atoms with E-state index in [1.165, 1.54) is 22.8 Å². The predicted octanol–water partition coefficient (Wildman–Crippen LogP) is 2.22. The minimum atomic E-state index is -2.98. The molecule has 4 N–H and O–H groups in total. The van der Waals surface area contributed by atoms with Crippen molar-refractivity contribution in [1.29, 1.82) is 0 Å². The number of anilines is 1. The number of rotatable bonds is 5. The van der Waals surface area contributed by atoms with Crippen LogP contribution in [0.3, 0.4) is 0 Å². The first-order valence-electron chi connectivity index (χ1n) is 11.2. The third-order valence-corrected chi connectivity index (χ3v) is 6.03. The first kappa shape index (κ1) is 24.0. The van der Waals surface area contributed by atoms with Gasteiger partial charge in [0.1, 0.15) is 11.4 Å². The van der Waals surface area contributed by atoms with Crippen LogP contribution in [0.4, 0.5) is 19.1 Å². The van der Waals surface area contributed by atoms with Crippen molar-refractivity contribution < 1.29 is 22.8 Å². The van der Waals surface area contributed by atoms with Crippen molar-refractivity contribution in [2.75, 3.05) is 18.8 Å². The van der Waals surface area contributed by atoms with Crippen molar-refractivity contribution in [2.45, 2.75) is 18.9 Å². The van der Waals surface area contributed by atoms with Crippen molar-refractivity contribution in [3.05, 3.63) is 81.7 Å². The second kappa shape index (κ2) is 9.08. The lowest BCUT2D eigenvalue weighted by Crippen LogP contribution is -2.33. The number of nitrogens with zero attached hydrogens (tertiary/aromatic N) is 4. The monoisotopic (exact) mass is 511 g/mol. The Hall–Kier alpha value is -4.68. The number of nitrogens with two attached hydrogens (primary N) is 1. The molecule has 2 amide bonds. The molecule has 0 bridgehead atoms. The van der Waals surface area contributed by atoms with Crippen molar-refractivity contribution in [3.63, 3.8) is 0 Å². The van der Waals surface area contributed by atoms with E-state index < -0.39 is 42.1 Å². The highest BCUT2D eigenvalue weighted by atomic mass is 19.3. The standard InChI is InChI=1S/C24H20F3N7O3/c25-16-1-2-17(22(37)33-6-4-24(26,27)12-33)15(7-16)11-30-21(36)18-8-14(10-29-20(18)35)13-3-5-34-19(9-13)31-23(28)32-34/h1-3,5,7-10H,4,6,11-12H2,(H2,28,32)(H,29,35)(H,30,36). The molecule has 4 aromatic rings. The summed E-state index contributed by atoms with van der Waals surface area (Å²) in [6.45, 7) is -1.18. The molecule has 1 aromatic carbocycles. The van der Waals surface area contributed by atoms with Crippen LogP contribution in [0.25, 0.3) is 16.8 Å². The zero-order valence-electron chi connectivity index (χ0n) is 19.2. The highest BCUT2D eigenvalue weighted by Gasteiger charge is 2.40. The van der Waals surface area contributed by atoms with Gasteiger partial charge in [0.15, 0.2) is 5.65 Å². The number of carbonyl (C=O) groups excluding carboxylic acids is 2. The predicted molar refractivity (Wildman–Crippen MR) is 126 cm³/mol. The van der Waals surface area contributed by atoms with Crippen LogP contribution in [0.2, 0.25) is 0 Å². The Morgan fingerprint density at radius 2 is 1.95 bits per heavy atom. The molecule has 1 fully saturated rings. The van der Waals surface area contributed by atoms with Crippen molar-refractivity contribution in [3.8, 4) is 11.1 Å². The smallest absolute Gasteiger partial charge is 0.267 e. The number of alkyl halides is 2. The molecule has 0 spiro atoms. The molecule has 37 heavy (non-hydrogen) atoms. The van der Waals surface area contributed by atoms with E-state index in [0.717, 1.165) is 17.0 Å². The van der Waals surface area contributed by atoms with Crippen molar-refractivity contribution in [2.24, 2.45) is 0 Å². The van der Waals surface area contributed by atoms with Gasteiger partial charge in [-0.05, 0) is 53.1 Å². The summed E-state index contributed by atoms with van der Waals surface area (Å²) in [7, 11) is 0. The van der Waals surface area contributed by atoms with E-state index in [-0.39, 0.29) is 35.7 Å². The fourth-order valence-corrected chi connectivity index (χ4v) is 4.16. The summed E-state index contributed by atoms with van der Waals surface area (Å²) in [4.78, 5) is 45.7. The quantitative estimate of drug-likeness (QED) is 0.376. The number of aromatic nitrogens is 4. The van der Waals surface area contributed by atoms with E-state index in [1.54, 1.807) is 18.3 Å². The number of hydrogen-bond acceptors (Lipinski definition) is 6. The lowest BCUT2D eigenvalue weighted by atomic mass is 10.0. The highest BCUT2D eigenvalue weighted by molar-refractivity contribution is 5.97. The van der Waals surface area contributed by atoms with Gasteiger partial charge in [0, 0.05) is 37.5 Å². The second-order valence-electron chi connectivity index (χ2n) is 8.64. The van der Waals surface area contributed by atoms with E-state index in [9.17, 15) is 27.6 Å². The summed E-state index contributed by atoms with van der Waals surface area (Å²) >= 11 is 0. The number of hydrogen-bond donors (Lipinski definition) is 3. The zero-order valence-corrected chi connectivity index (χ0v) is 19.2. The lowest BCUT2D eigenvalue weighted by Gasteiger charge is -2.18. The van der Waals surface area contributed by atoms with Gasteiger partial charge in [0.25, 0.3) is 23.3 Å². The fourth-order valence-electron chi connectivity index (χ4n) is 4.16. The Morgan fingerprint density at radius 1 is 1.14 bits per heavy atom. The number of likely N-dealkylation sites (tertiary alicyclic amines) is 1. The number of amides is 2. The largest absolute Gasteiger partial charge is 0.366 e. The van der Waals surface area contributed by atoms with E-state index in [0.29, 0.717) is 16.8 Å². The molecule has 1 aliphatic heterocycles. The first-order chi connectivity index (χ1) is 17.6. The summed E-state index contributed by atoms with van der Waals surface area (Å²) in [5.74, 6) is -5.03. The number of H-pyrrole nitrogens is 1. The maximum Gasteiger partial charge on any atom is 0.267 e. The molecule has 0 radical (unpaired) electrons. The van der Waals surface area contributed by atoms with Crippen LogP contribution in [-0.4, -0.2) is 55.3 Å². The molecular weight excluding hydrogens is 491 g/mol. The van der Waals surface area contributed by atoms with Crippen LogP contribution >= 0.6 is 0 Å². The van der Waals surface area contributed by atoms with Gasteiger partial charge >= 0.3 is 0 Å². The van der Waals surface area contributed by atoms with Crippen LogP contribution in [0, 0.1) is 5.82 Å². The maximum absolute atomic E-state index is 13.9. The zero-order chi connectivity index (χ0) is 26.3. The van der Waals surface area contributed by atoms with Gasteiger partial charge in [-0.3, -0.25) is 14.4 Å². The third kappa shape index (κ3) is 4.87. The summed E-state index contributed by atoms with van der Waals surface area (Å²) in [6.07, 6.45) is 2.60. The van der Waals surface area contributed by atoms with E-state index in [1.807, 2.05) is 0 Å². The Bertz CT molecular complexity index is 1600. The van der Waals surface area contributed by atoms with Gasteiger partial charge in [-0.15, -0.1) is 5.10 Å². The number of halogens is 3. The topological polar surface area (TPSA) is 138 Å². The molecule has 0 unspecified atom stereocenters. The maximum atomic E-state index is 13.9. The number of aromatic amines is 1. The minimum absolute atomic E-state index is 0.0112. The molecule has 5 rings (SSSR count). The first-order valence-corrected chi connectivity index (χ1v) is 11.2. The van der Waals surface area contributed by atoms with Gasteiger partial charge in [0.2, 0.25) is 5.95 Å². The third-order valence-electron chi connectivity index (χ3n) is 6.03. The lowest BCUT2D eigenvalue weighted by molar-refractivity contribution is 0.0120. The van der Waals surface area contributed by atoms with E-state index >= 15 is 0 Å². The van der Waals surface area contributed by atoms with Crippen molar-refractivity contribution >= 4 is 23.4 Å². The Labute approximate surface area is 206 Å². The summed E-state index contributed by atoms with van der Waals surface area (Å²) in [5.41, 5.74) is 6.40. The van der Waals surface area contributed by atoms with Gasteiger partial charge in [0.05, 0.1) is 6.54 Å². The molecule has 3 aromatic heterocycles. The molecule has 10 nitrogen and oxygen atoms in total. The molecule has 1 saturated heterocycles. The van der Waals surface area contributed by atoms with Gasteiger partial charge in [-0.25, -0.2) is 17.7 Å². The normalized spacial score (nSPS) is 14.7. The number of benzene rings is 1. The van der Waals surface area contributed by atoms with E-state index in [4.69, 9.17) is 5.73 Å². The van der Waals surface area contributed by atoms with Gasteiger partial charge < -0.3 is 20.9 Å². The van der Waals surface area contributed by atoms with Crippen LogP contribution in [0.1, 0.15) is 32.7 Å². The molecule has 0 saturated carbocycles.